The Labute approximate surface area is 148 Å². The van der Waals surface area contributed by atoms with Gasteiger partial charge in [-0.05, 0) is 24.6 Å². The van der Waals surface area contributed by atoms with E-state index in [0.29, 0.717) is 26.4 Å². The van der Waals surface area contributed by atoms with Crippen LogP contribution in [0.15, 0.2) is 42.5 Å². The first-order valence-corrected chi connectivity index (χ1v) is 9.05. The van der Waals surface area contributed by atoms with Crippen LogP contribution in [0.25, 0.3) is 0 Å². The standard InChI is InChI=1S/C19H27NO3S/c1-16-8-9-19(24-16)13-20(10-11-22-2)12-18(21)15-23-14-17-6-4-3-5-7-17/h3-9,18,21H,10-15H2,1-2H3. The Kier molecular flexibility index (Phi) is 8.42. The quantitative estimate of drug-likeness (QED) is 0.677. The maximum absolute atomic E-state index is 10.3. The molecular formula is C19H27NO3S. The lowest BCUT2D eigenvalue weighted by Gasteiger charge is -2.24. The van der Waals surface area contributed by atoms with Crippen LogP contribution in [0, 0.1) is 6.92 Å². The van der Waals surface area contributed by atoms with Gasteiger partial charge in [-0.15, -0.1) is 11.3 Å². The minimum absolute atomic E-state index is 0.335. The summed E-state index contributed by atoms with van der Waals surface area (Å²) in [6, 6.07) is 14.3. The minimum Gasteiger partial charge on any atom is -0.389 e. The topological polar surface area (TPSA) is 41.9 Å². The van der Waals surface area contributed by atoms with E-state index < -0.39 is 6.10 Å². The summed E-state index contributed by atoms with van der Waals surface area (Å²) >= 11 is 1.80. The minimum atomic E-state index is -0.508. The number of aryl methyl sites for hydroxylation is 1. The highest BCUT2D eigenvalue weighted by atomic mass is 32.1. The maximum atomic E-state index is 10.3. The fraction of sp³-hybridized carbons (Fsp3) is 0.474. The summed E-state index contributed by atoms with van der Waals surface area (Å²) in [4.78, 5) is 4.83. The van der Waals surface area contributed by atoms with Gasteiger partial charge in [-0.25, -0.2) is 0 Å². The lowest BCUT2D eigenvalue weighted by Crippen LogP contribution is -2.36. The largest absolute Gasteiger partial charge is 0.389 e. The van der Waals surface area contributed by atoms with Crippen LogP contribution in [0.4, 0.5) is 0 Å². The lowest BCUT2D eigenvalue weighted by molar-refractivity contribution is 0.00497. The van der Waals surface area contributed by atoms with Gasteiger partial charge in [0.1, 0.15) is 0 Å². The van der Waals surface area contributed by atoms with Gasteiger partial charge in [0.25, 0.3) is 0 Å². The Balaban J connectivity index is 1.76. The number of thiophene rings is 1. The van der Waals surface area contributed by atoms with Crippen molar-refractivity contribution in [2.75, 3.05) is 33.4 Å². The molecule has 2 aromatic rings. The predicted octanol–water partition coefficient (Wildman–Crippen LogP) is 3.08. The van der Waals surface area contributed by atoms with Gasteiger partial charge in [-0.3, -0.25) is 4.90 Å². The van der Waals surface area contributed by atoms with E-state index in [9.17, 15) is 5.11 Å². The van der Waals surface area contributed by atoms with Crippen molar-refractivity contribution in [1.82, 2.24) is 4.90 Å². The third-order valence-electron chi connectivity index (χ3n) is 3.68. The summed E-state index contributed by atoms with van der Waals surface area (Å²) < 4.78 is 10.8. The fourth-order valence-corrected chi connectivity index (χ4v) is 3.42. The number of hydrogen-bond donors (Lipinski definition) is 1. The molecule has 0 bridgehead atoms. The van der Waals surface area contributed by atoms with Crippen molar-refractivity contribution in [1.29, 1.82) is 0 Å². The zero-order valence-electron chi connectivity index (χ0n) is 14.5. The van der Waals surface area contributed by atoms with Crippen molar-refractivity contribution in [3.8, 4) is 0 Å². The second-order valence-electron chi connectivity index (χ2n) is 5.89. The molecule has 0 aliphatic heterocycles. The van der Waals surface area contributed by atoms with Crippen LogP contribution in [0.2, 0.25) is 0 Å². The van der Waals surface area contributed by atoms with Gasteiger partial charge in [-0.2, -0.15) is 0 Å². The molecule has 0 amide bonds. The molecule has 1 aromatic heterocycles. The van der Waals surface area contributed by atoms with Crippen LogP contribution in [-0.2, 0) is 22.6 Å². The Morgan fingerprint density at radius 3 is 2.62 bits per heavy atom. The molecule has 1 N–H and O–H groups in total. The third-order valence-corrected chi connectivity index (χ3v) is 4.66. The van der Waals surface area contributed by atoms with E-state index in [1.807, 2.05) is 30.3 Å². The normalized spacial score (nSPS) is 12.7. The molecule has 0 spiro atoms. The number of methoxy groups -OCH3 is 1. The van der Waals surface area contributed by atoms with Crippen LogP contribution >= 0.6 is 11.3 Å². The van der Waals surface area contributed by atoms with Gasteiger partial charge in [0, 0.05) is 36.5 Å². The van der Waals surface area contributed by atoms with Crippen molar-refractivity contribution in [2.24, 2.45) is 0 Å². The fourth-order valence-electron chi connectivity index (χ4n) is 2.48. The van der Waals surface area contributed by atoms with Crippen LogP contribution in [0.5, 0.6) is 0 Å². The Hall–Kier alpha value is -1.24. The van der Waals surface area contributed by atoms with Gasteiger partial charge in [0.05, 0.1) is 25.9 Å². The van der Waals surface area contributed by atoms with E-state index in [2.05, 4.69) is 24.0 Å². The molecule has 0 aliphatic rings. The molecule has 0 saturated carbocycles. The molecular weight excluding hydrogens is 322 g/mol. The molecule has 24 heavy (non-hydrogen) atoms. The Morgan fingerprint density at radius 2 is 1.96 bits per heavy atom. The van der Waals surface area contributed by atoms with Crippen molar-refractivity contribution >= 4 is 11.3 Å². The monoisotopic (exact) mass is 349 g/mol. The SMILES string of the molecule is COCCN(Cc1ccc(C)s1)CC(O)COCc1ccccc1. The predicted molar refractivity (Wildman–Crippen MR) is 98.3 cm³/mol. The van der Waals surface area contributed by atoms with Crippen molar-refractivity contribution in [2.45, 2.75) is 26.2 Å². The molecule has 0 radical (unpaired) electrons. The van der Waals surface area contributed by atoms with E-state index in [1.165, 1.54) is 9.75 Å². The first kappa shape index (κ1) is 19.1. The van der Waals surface area contributed by atoms with Gasteiger partial charge < -0.3 is 14.6 Å². The highest BCUT2D eigenvalue weighted by molar-refractivity contribution is 7.11. The molecule has 1 aromatic carbocycles. The van der Waals surface area contributed by atoms with Gasteiger partial charge in [0.2, 0.25) is 0 Å². The maximum Gasteiger partial charge on any atom is 0.0900 e. The van der Waals surface area contributed by atoms with E-state index in [-0.39, 0.29) is 0 Å². The smallest absolute Gasteiger partial charge is 0.0900 e. The third kappa shape index (κ3) is 7.11. The molecule has 1 unspecified atom stereocenters. The summed E-state index contributed by atoms with van der Waals surface area (Å²) in [5, 5.41) is 10.3. The van der Waals surface area contributed by atoms with Crippen LogP contribution in [0.1, 0.15) is 15.3 Å². The van der Waals surface area contributed by atoms with Crippen LogP contribution in [-0.4, -0.2) is 49.5 Å². The average Bonchev–Trinajstić information content (AvgIpc) is 2.98. The first-order valence-electron chi connectivity index (χ1n) is 8.23. The molecule has 4 nitrogen and oxygen atoms in total. The zero-order valence-corrected chi connectivity index (χ0v) is 15.3. The molecule has 1 atom stereocenters. The van der Waals surface area contributed by atoms with Gasteiger partial charge in [0.15, 0.2) is 0 Å². The molecule has 0 fully saturated rings. The number of hydrogen-bond acceptors (Lipinski definition) is 5. The molecule has 2 rings (SSSR count). The summed E-state index contributed by atoms with van der Waals surface area (Å²) in [5.74, 6) is 0. The van der Waals surface area contributed by atoms with E-state index in [0.717, 1.165) is 18.7 Å². The first-order chi connectivity index (χ1) is 11.7. The summed E-state index contributed by atoms with van der Waals surface area (Å²) in [7, 11) is 1.70. The second kappa shape index (κ2) is 10.6. The molecule has 0 aliphatic carbocycles. The Bertz CT molecular complexity index is 573. The molecule has 5 heteroatoms. The number of aliphatic hydroxyl groups excluding tert-OH is 1. The van der Waals surface area contributed by atoms with Gasteiger partial charge in [-0.1, -0.05) is 30.3 Å². The van der Waals surface area contributed by atoms with E-state index in [1.54, 1.807) is 18.4 Å². The molecule has 1 heterocycles. The number of ether oxygens (including phenoxy) is 2. The van der Waals surface area contributed by atoms with Crippen molar-refractivity contribution < 1.29 is 14.6 Å². The Morgan fingerprint density at radius 1 is 1.17 bits per heavy atom. The average molecular weight is 349 g/mol. The van der Waals surface area contributed by atoms with Gasteiger partial charge >= 0.3 is 0 Å². The number of benzene rings is 1. The summed E-state index contributed by atoms with van der Waals surface area (Å²) in [6.07, 6.45) is -0.508. The van der Waals surface area contributed by atoms with Crippen molar-refractivity contribution in [3.05, 3.63) is 57.8 Å². The van der Waals surface area contributed by atoms with E-state index >= 15 is 0 Å². The van der Waals surface area contributed by atoms with Crippen LogP contribution in [0.3, 0.4) is 0 Å². The lowest BCUT2D eigenvalue weighted by atomic mass is 10.2. The molecule has 0 saturated heterocycles. The van der Waals surface area contributed by atoms with Crippen LogP contribution < -0.4 is 0 Å². The number of aliphatic hydroxyl groups is 1. The summed E-state index contributed by atoms with van der Waals surface area (Å²) in [6.45, 7) is 5.83. The van der Waals surface area contributed by atoms with Crippen molar-refractivity contribution in [3.63, 3.8) is 0 Å². The number of nitrogens with zero attached hydrogens (tertiary/aromatic N) is 1. The molecule has 132 valence electrons. The number of rotatable bonds is 11. The zero-order chi connectivity index (χ0) is 17.2. The second-order valence-corrected chi connectivity index (χ2v) is 7.27. The highest BCUT2D eigenvalue weighted by Gasteiger charge is 2.13. The highest BCUT2D eigenvalue weighted by Crippen LogP contribution is 2.17. The summed E-state index contributed by atoms with van der Waals surface area (Å²) in [5.41, 5.74) is 1.12. The van der Waals surface area contributed by atoms with E-state index in [4.69, 9.17) is 9.47 Å².